The highest BCUT2D eigenvalue weighted by atomic mass is 35.5. The van der Waals surface area contributed by atoms with Crippen LogP contribution in [0.15, 0.2) is 61.4 Å². The average Bonchev–Trinajstić information content (AvgIpc) is 4.03. The smallest absolute Gasteiger partial charge is 0.226 e. The maximum Gasteiger partial charge on any atom is 0.226 e. The quantitative estimate of drug-likeness (QED) is 0.157. The summed E-state index contributed by atoms with van der Waals surface area (Å²) in [5, 5.41) is 4.37. The van der Waals surface area contributed by atoms with E-state index in [0.29, 0.717) is 65.7 Å². The van der Waals surface area contributed by atoms with Crippen molar-refractivity contribution in [3.63, 3.8) is 0 Å². The lowest BCUT2D eigenvalue weighted by Gasteiger charge is -2.32. The molecule has 16 heteroatoms. The number of fused-ring (bicyclic) bond motifs is 3. The molecule has 1 aromatic carbocycles. The number of aromatic nitrogens is 10. The van der Waals surface area contributed by atoms with Crippen molar-refractivity contribution in [1.82, 2.24) is 49.0 Å². The van der Waals surface area contributed by atoms with Gasteiger partial charge in [-0.25, -0.2) is 24.9 Å². The van der Waals surface area contributed by atoms with Crippen molar-refractivity contribution in [2.24, 2.45) is 11.8 Å². The summed E-state index contributed by atoms with van der Waals surface area (Å²) in [5.41, 5.74) is 4.32. The van der Waals surface area contributed by atoms with Crippen LogP contribution in [0.1, 0.15) is 68.5 Å². The van der Waals surface area contributed by atoms with E-state index in [-0.39, 0.29) is 34.9 Å². The number of pyridine rings is 1. The van der Waals surface area contributed by atoms with E-state index in [1.165, 1.54) is 0 Å². The largest absolute Gasteiger partial charge is 0.362 e. The lowest BCUT2D eigenvalue weighted by atomic mass is 9.77. The second-order valence-electron chi connectivity index (χ2n) is 14.8. The lowest BCUT2D eigenvalue weighted by Crippen LogP contribution is -2.32. The molecule has 4 atom stereocenters. The number of nitrogens with zero attached hydrogens (tertiary/aromatic N) is 11. The van der Waals surface area contributed by atoms with Gasteiger partial charge in [-0.15, -0.1) is 11.3 Å². The highest BCUT2D eigenvalue weighted by Crippen LogP contribution is 2.41. The number of anilines is 2. The Bertz CT molecular complexity index is 2560. The molecule has 0 radical (unpaired) electrons. The van der Waals surface area contributed by atoms with E-state index in [2.05, 4.69) is 36.2 Å². The standard InChI is InChI=1S/C39H37ClN12O2S/c40-39-48-35(42-18-31-45-25-5-1-4-8-30(25)55-31)32-37(49-39)52(20-43-32)27-10-9-23(17-29(27)54)24-13-16-50(19-24)36-33-38(47-34(46-36)22-11-14-41-15-12-22)51(21-44-33)26-6-2-3-7-28(26)53/h1,4-5,8,11-12,14-15,20-21,23-24,26-27H,2-3,6-7,9-10,13,16-19H2,(H,42,48,49). The van der Waals surface area contributed by atoms with Gasteiger partial charge in [0.1, 0.15) is 5.01 Å². The highest BCUT2D eigenvalue weighted by molar-refractivity contribution is 7.18. The fraction of sp³-hybridized carbons (Fsp3) is 0.385. The minimum atomic E-state index is -0.377. The molecule has 3 aliphatic rings. The Morgan fingerprint density at radius 3 is 2.42 bits per heavy atom. The average molecular weight is 773 g/mol. The first-order valence-corrected chi connectivity index (χ1v) is 20.1. The summed E-state index contributed by atoms with van der Waals surface area (Å²) in [5.74, 6) is 2.83. The van der Waals surface area contributed by atoms with E-state index in [1.54, 1.807) is 36.4 Å². The molecule has 3 fully saturated rings. The molecule has 7 aromatic rings. The van der Waals surface area contributed by atoms with E-state index >= 15 is 0 Å². The Kier molecular flexibility index (Phi) is 8.70. The second kappa shape index (κ2) is 14.0. The minimum Gasteiger partial charge on any atom is -0.362 e. The van der Waals surface area contributed by atoms with Gasteiger partial charge in [0.25, 0.3) is 0 Å². The highest BCUT2D eigenvalue weighted by Gasteiger charge is 2.39. The zero-order valence-electron chi connectivity index (χ0n) is 29.9. The van der Waals surface area contributed by atoms with Crippen LogP contribution in [0.25, 0.3) is 43.9 Å². The molecule has 1 aliphatic heterocycles. The molecule has 1 N–H and O–H groups in total. The molecule has 55 heavy (non-hydrogen) atoms. The first kappa shape index (κ1) is 34.1. The number of benzene rings is 1. The third-order valence-electron chi connectivity index (χ3n) is 11.5. The number of ketones is 2. The SMILES string of the molecule is O=C1CC(C2CCN(c3nc(-c4ccncc4)nc4c3ncn4C3CCCCC3=O)C2)CCC1n1cnc2c(NCc3nc4ccccc4s3)nc(Cl)nc21. The van der Waals surface area contributed by atoms with Gasteiger partial charge in [-0.2, -0.15) is 9.97 Å². The van der Waals surface area contributed by atoms with Gasteiger partial charge >= 0.3 is 0 Å². The zero-order valence-corrected chi connectivity index (χ0v) is 31.5. The molecule has 2 aliphatic carbocycles. The molecule has 278 valence electrons. The third kappa shape index (κ3) is 6.28. The van der Waals surface area contributed by atoms with Crippen molar-refractivity contribution in [2.45, 2.75) is 70.0 Å². The summed E-state index contributed by atoms with van der Waals surface area (Å²) in [6.07, 6.45) is 13.2. The molecule has 7 heterocycles. The van der Waals surface area contributed by atoms with Crippen molar-refractivity contribution in [3.8, 4) is 11.4 Å². The Labute approximate surface area is 324 Å². The molecular formula is C39H37ClN12O2S. The van der Waals surface area contributed by atoms with Gasteiger partial charge in [0, 0.05) is 43.9 Å². The van der Waals surface area contributed by atoms with Crippen LogP contribution in [0.4, 0.5) is 11.6 Å². The normalized spacial score (nSPS) is 22.0. The van der Waals surface area contributed by atoms with Gasteiger partial charge in [-0.1, -0.05) is 18.6 Å². The van der Waals surface area contributed by atoms with E-state index in [9.17, 15) is 9.59 Å². The van der Waals surface area contributed by atoms with Crippen LogP contribution >= 0.6 is 22.9 Å². The number of Topliss-reactive ketones (excluding diaryl/α,β-unsaturated/α-hetero) is 2. The third-order valence-corrected chi connectivity index (χ3v) is 12.7. The lowest BCUT2D eigenvalue weighted by molar-refractivity contribution is -0.126. The molecule has 4 unspecified atom stereocenters. The van der Waals surface area contributed by atoms with E-state index in [0.717, 1.165) is 71.8 Å². The Morgan fingerprint density at radius 1 is 0.800 bits per heavy atom. The summed E-state index contributed by atoms with van der Waals surface area (Å²) in [4.78, 5) is 66.6. The van der Waals surface area contributed by atoms with Crippen molar-refractivity contribution in [2.75, 3.05) is 23.3 Å². The fourth-order valence-electron chi connectivity index (χ4n) is 8.73. The van der Waals surface area contributed by atoms with Crippen molar-refractivity contribution in [1.29, 1.82) is 0 Å². The number of thiazole rings is 1. The maximum absolute atomic E-state index is 13.9. The van der Waals surface area contributed by atoms with Crippen LogP contribution in [0.2, 0.25) is 5.28 Å². The minimum absolute atomic E-state index is 0.0920. The molecule has 1 saturated heterocycles. The zero-order chi connectivity index (χ0) is 37.0. The molecule has 14 nitrogen and oxygen atoms in total. The maximum atomic E-state index is 13.9. The number of rotatable bonds is 8. The van der Waals surface area contributed by atoms with Gasteiger partial charge in [0.2, 0.25) is 5.28 Å². The van der Waals surface area contributed by atoms with Gasteiger partial charge in [-0.05, 0) is 79.8 Å². The molecule has 6 aromatic heterocycles. The molecule has 0 bridgehead atoms. The first-order chi connectivity index (χ1) is 27.0. The number of para-hydroxylation sites is 1. The van der Waals surface area contributed by atoms with E-state index in [4.69, 9.17) is 31.5 Å². The van der Waals surface area contributed by atoms with Crippen molar-refractivity contribution < 1.29 is 9.59 Å². The number of carbonyl (C=O) groups is 2. The number of nitrogens with one attached hydrogen (secondary N) is 1. The topological polar surface area (TPSA) is 162 Å². The number of imidazole rings is 2. The van der Waals surface area contributed by atoms with Crippen LogP contribution in [0.3, 0.4) is 0 Å². The van der Waals surface area contributed by atoms with E-state index < -0.39 is 0 Å². The number of hydrogen-bond acceptors (Lipinski definition) is 13. The van der Waals surface area contributed by atoms with Crippen LogP contribution in [-0.4, -0.2) is 73.7 Å². The summed E-state index contributed by atoms with van der Waals surface area (Å²) in [6, 6.07) is 11.2. The first-order valence-electron chi connectivity index (χ1n) is 18.9. The van der Waals surface area contributed by atoms with Gasteiger partial charge in [-0.3, -0.25) is 14.6 Å². The monoisotopic (exact) mass is 772 g/mol. The number of carbonyl (C=O) groups excluding carboxylic acids is 2. The van der Waals surface area contributed by atoms with Crippen LogP contribution in [0, 0.1) is 11.8 Å². The predicted molar refractivity (Wildman–Crippen MR) is 210 cm³/mol. The number of halogens is 1. The second-order valence-corrected chi connectivity index (χ2v) is 16.2. The number of hydrogen-bond donors (Lipinski definition) is 1. The summed E-state index contributed by atoms with van der Waals surface area (Å²) < 4.78 is 4.95. The van der Waals surface area contributed by atoms with Crippen molar-refractivity contribution in [3.05, 3.63) is 71.7 Å². The fourth-order valence-corrected chi connectivity index (χ4v) is 9.80. The Morgan fingerprint density at radius 2 is 1.60 bits per heavy atom. The van der Waals surface area contributed by atoms with Gasteiger partial charge in [0.05, 0.1) is 41.5 Å². The van der Waals surface area contributed by atoms with Gasteiger partial charge < -0.3 is 19.4 Å². The van der Waals surface area contributed by atoms with E-state index in [1.807, 2.05) is 39.5 Å². The predicted octanol–water partition coefficient (Wildman–Crippen LogP) is 7.02. The Balaban J connectivity index is 0.867. The molecule has 2 saturated carbocycles. The molecule has 10 rings (SSSR count). The summed E-state index contributed by atoms with van der Waals surface area (Å²) in [6.45, 7) is 2.02. The molecular weight excluding hydrogens is 736 g/mol. The Hall–Kier alpha value is -5.41. The molecule has 0 amide bonds. The van der Waals surface area contributed by atoms with Crippen LogP contribution < -0.4 is 10.2 Å². The van der Waals surface area contributed by atoms with Crippen LogP contribution in [-0.2, 0) is 16.1 Å². The summed E-state index contributed by atoms with van der Waals surface area (Å²) in [7, 11) is 0. The summed E-state index contributed by atoms with van der Waals surface area (Å²) >= 11 is 8.06. The van der Waals surface area contributed by atoms with Gasteiger partial charge in [0.15, 0.2) is 51.4 Å². The van der Waals surface area contributed by atoms with Crippen LogP contribution in [0.5, 0.6) is 0 Å². The molecule has 0 spiro atoms. The van der Waals surface area contributed by atoms with Crippen molar-refractivity contribution >= 4 is 78.7 Å².